The van der Waals surface area contributed by atoms with Gasteiger partial charge in [-0.1, -0.05) is 42.5 Å². The number of nitrogens with zero attached hydrogens (tertiary/aromatic N) is 2. The van der Waals surface area contributed by atoms with Crippen molar-refractivity contribution in [2.75, 3.05) is 26.2 Å². The van der Waals surface area contributed by atoms with Crippen LogP contribution < -0.4 is 0 Å². The predicted octanol–water partition coefficient (Wildman–Crippen LogP) is 4.60. The Labute approximate surface area is 194 Å². The highest BCUT2D eigenvalue weighted by Gasteiger charge is 2.42. The highest BCUT2D eigenvalue weighted by molar-refractivity contribution is 14.1. The number of fused-ring (bicyclic) bond motifs is 2. The lowest BCUT2D eigenvalue weighted by molar-refractivity contribution is -0.0298. The third-order valence-corrected chi connectivity index (χ3v) is 8.95. The van der Waals surface area contributed by atoms with Crippen LogP contribution in [0.2, 0.25) is 0 Å². The SMILES string of the molecule is O[C@@H]1CCN(Cc2ccccc2I)C[C@H]1N1CCC2(CCCc3ccccc32)CC1. The number of aryl methyl sites for hydroxylation is 1. The topological polar surface area (TPSA) is 26.7 Å². The van der Waals surface area contributed by atoms with Crippen LogP contribution in [-0.2, 0) is 18.4 Å². The number of rotatable bonds is 3. The summed E-state index contributed by atoms with van der Waals surface area (Å²) in [6, 6.07) is 18.1. The Morgan fingerprint density at radius 2 is 1.73 bits per heavy atom. The lowest BCUT2D eigenvalue weighted by atomic mass is 9.64. The van der Waals surface area contributed by atoms with Gasteiger partial charge in [0.25, 0.3) is 0 Å². The van der Waals surface area contributed by atoms with E-state index in [2.05, 4.69) is 80.9 Å². The van der Waals surface area contributed by atoms with Gasteiger partial charge in [0, 0.05) is 29.2 Å². The molecule has 0 radical (unpaired) electrons. The summed E-state index contributed by atoms with van der Waals surface area (Å²) < 4.78 is 1.34. The molecule has 2 heterocycles. The second kappa shape index (κ2) is 8.89. The minimum Gasteiger partial charge on any atom is -0.391 e. The number of piperidine rings is 2. The number of hydrogen-bond donors (Lipinski definition) is 1. The number of aliphatic hydroxyl groups excluding tert-OH is 1. The zero-order valence-electron chi connectivity index (χ0n) is 17.8. The van der Waals surface area contributed by atoms with Gasteiger partial charge in [0.1, 0.15) is 0 Å². The van der Waals surface area contributed by atoms with Gasteiger partial charge in [0.2, 0.25) is 0 Å². The van der Waals surface area contributed by atoms with Gasteiger partial charge in [-0.25, -0.2) is 0 Å². The van der Waals surface area contributed by atoms with Crippen molar-refractivity contribution in [3.05, 3.63) is 68.8 Å². The highest BCUT2D eigenvalue weighted by Crippen LogP contribution is 2.45. The van der Waals surface area contributed by atoms with Crippen LogP contribution in [0.3, 0.4) is 0 Å². The molecule has 0 saturated carbocycles. The molecule has 1 aliphatic carbocycles. The Kier molecular flexibility index (Phi) is 6.20. The third kappa shape index (κ3) is 4.08. The molecule has 1 N–H and O–H groups in total. The summed E-state index contributed by atoms with van der Waals surface area (Å²) in [6.45, 7) is 5.20. The molecule has 2 aromatic carbocycles. The molecule has 2 aliphatic heterocycles. The van der Waals surface area contributed by atoms with E-state index < -0.39 is 0 Å². The summed E-state index contributed by atoms with van der Waals surface area (Å²) >= 11 is 2.44. The van der Waals surface area contributed by atoms with Crippen LogP contribution in [0.25, 0.3) is 0 Å². The normalized spacial score (nSPS) is 27.1. The fraction of sp³-hybridized carbons (Fsp3) is 0.538. The smallest absolute Gasteiger partial charge is 0.0720 e. The first-order valence-electron chi connectivity index (χ1n) is 11.6. The molecule has 3 nitrogen and oxygen atoms in total. The van der Waals surface area contributed by atoms with Crippen molar-refractivity contribution in [2.45, 2.75) is 62.6 Å². The molecular formula is C26H33IN2O. The zero-order chi connectivity index (χ0) is 20.6. The summed E-state index contributed by atoms with van der Waals surface area (Å²) in [5, 5.41) is 10.8. The van der Waals surface area contributed by atoms with Gasteiger partial charge in [-0.05, 0) is 102 Å². The fourth-order valence-electron chi connectivity index (χ4n) is 6.17. The molecule has 30 heavy (non-hydrogen) atoms. The molecule has 4 heteroatoms. The van der Waals surface area contributed by atoms with Gasteiger partial charge < -0.3 is 5.11 Å². The van der Waals surface area contributed by atoms with E-state index in [0.29, 0.717) is 5.41 Å². The maximum Gasteiger partial charge on any atom is 0.0720 e. The third-order valence-electron chi connectivity index (χ3n) is 7.90. The monoisotopic (exact) mass is 516 g/mol. The number of hydrogen-bond acceptors (Lipinski definition) is 3. The van der Waals surface area contributed by atoms with E-state index in [0.717, 1.165) is 39.1 Å². The van der Waals surface area contributed by atoms with Crippen LogP contribution in [0.5, 0.6) is 0 Å². The van der Waals surface area contributed by atoms with E-state index >= 15 is 0 Å². The number of benzene rings is 2. The summed E-state index contributed by atoms with van der Waals surface area (Å²) in [6.07, 6.45) is 7.09. The van der Waals surface area contributed by atoms with Crippen LogP contribution in [-0.4, -0.2) is 53.2 Å². The van der Waals surface area contributed by atoms with Crippen LogP contribution in [0.15, 0.2) is 48.5 Å². The average Bonchev–Trinajstić information content (AvgIpc) is 2.78. The molecule has 2 saturated heterocycles. The van der Waals surface area contributed by atoms with Crippen LogP contribution in [0.1, 0.15) is 48.8 Å². The summed E-state index contributed by atoms with van der Waals surface area (Å²) in [7, 11) is 0. The lowest BCUT2D eigenvalue weighted by Gasteiger charge is -2.50. The van der Waals surface area contributed by atoms with Gasteiger partial charge in [0.05, 0.1) is 6.10 Å². The second-order valence-electron chi connectivity index (χ2n) is 9.58. The Morgan fingerprint density at radius 1 is 0.967 bits per heavy atom. The molecule has 2 atom stereocenters. The first kappa shape index (κ1) is 20.9. The number of likely N-dealkylation sites (tertiary alicyclic amines) is 2. The van der Waals surface area contributed by atoms with Gasteiger partial charge in [-0.15, -0.1) is 0 Å². The number of halogens is 1. The molecule has 2 fully saturated rings. The molecule has 0 amide bonds. The van der Waals surface area contributed by atoms with E-state index in [1.165, 1.54) is 41.2 Å². The van der Waals surface area contributed by atoms with Crippen molar-refractivity contribution < 1.29 is 5.11 Å². The van der Waals surface area contributed by atoms with Crippen molar-refractivity contribution in [3.8, 4) is 0 Å². The first-order valence-corrected chi connectivity index (χ1v) is 12.7. The van der Waals surface area contributed by atoms with Crippen molar-refractivity contribution >= 4 is 22.6 Å². The summed E-state index contributed by atoms with van der Waals surface area (Å²) in [5.74, 6) is 0. The van der Waals surface area contributed by atoms with Crippen molar-refractivity contribution in [3.63, 3.8) is 0 Å². The largest absolute Gasteiger partial charge is 0.391 e. The van der Waals surface area contributed by atoms with E-state index in [9.17, 15) is 5.11 Å². The molecule has 160 valence electrons. The van der Waals surface area contributed by atoms with Gasteiger partial charge >= 0.3 is 0 Å². The molecule has 3 aliphatic rings. The molecular weight excluding hydrogens is 483 g/mol. The van der Waals surface area contributed by atoms with Gasteiger partial charge in [-0.2, -0.15) is 0 Å². The lowest BCUT2D eigenvalue weighted by Crippen LogP contribution is -2.58. The quantitative estimate of drug-likeness (QED) is 0.605. The molecule has 0 aromatic heterocycles. The van der Waals surface area contributed by atoms with Gasteiger partial charge in [-0.3, -0.25) is 9.80 Å². The van der Waals surface area contributed by atoms with E-state index in [1.807, 2.05) is 0 Å². The number of aliphatic hydroxyl groups is 1. The zero-order valence-corrected chi connectivity index (χ0v) is 19.9. The van der Waals surface area contributed by atoms with Crippen molar-refractivity contribution in [2.24, 2.45) is 0 Å². The molecule has 1 spiro atoms. The van der Waals surface area contributed by atoms with Gasteiger partial charge in [0.15, 0.2) is 0 Å². The predicted molar refractivity (Wildman–Crippen MR) is 131 cm³/mol. The summed E-state index contributed by atoms with van der Waals surface area (Å²) in [5.41, 5.74) is 4.99. The van der Waals surface area contributed by atoms with Crippen molar-refractivity contribution in [1.82, 2.24) is 9.80 Å². The maximum atomic E-state index is 10.8. The summed E-state index contributed by atoms with van der Waals surface area (Å²) in [4.78, 5) is 5.16. The maximum absolute atomic E-state index is 10.8. The van der Waals surface area contributed by atoms with E-state index in [-0.39, 0.29) is 12.1 Å². The Balaban J connectivity index is 1.26. The second-order valence-corrected chi connectivity index (χ2v) is 10.7. The Bertz CT molecular complexity index is 877. The average molecular weight is 516 g/mol. The fourth-order valence-corrected chi connectivity index (χ4v) is 6.72. The molecule has 0 bridgehead atoms. The van der Waals surface area contributed by atoms with E-state index in [1.54, 1.807) is 11.1 Å². The van der Waals surface area contributed by atoms with Crippen LogP contribution in [0, 0.1) is 3.57 Å². The molecule has 2 aromatic rings. The van der Waals surface area contributed by atoms with E-state index in [4.69, 9.17) is 0 Å². The molecule has 0 unspecified atom stereocenters. The van der Waals surface area contributed by atoms with Crippen molar-refractivity contribution in [1.29, 1.82) is 0 Å². The van der Waals surface area contributed by atoms with Crippen LogP contribution in [0.4, 0.5) is 0 Å². The Morgan fingerprint density at radius 3 is 2.57 bits per heavy atom. The van der Waals surface area contributed by atoms with Crippen LogP contribution >= 0.6 is 22.6 Å². The standard InChI is InChI=1S/C26H33IN2O/c27-23-10-4-2-7-21(23)18-28-15-11-25(30)24(19-28)29-16-13-26(14-17-29)12-5-8-20-6-1-3-9-22(20)26/h1-4,6-7,9-10,24-25,30H,5,8,11-19H2/t24-,25-/m1/s1. The first-order chi connectivity index (χ1) is 14.6. The minimum atomic E-state index is -0.191. The minimum absolute atomic E-state index is 0.191. The highest BCUT2D eigenvalue weighted by atomic mass is 127. The Hall–Kier alpha value is -0.950. The molecule has 5 rings (SSSR count).